The molecule has 0 aliphatic carbocycles. The third kappa shape index (κ3) is 2.43. The highest BCUT2D eigenvalue weighted by molar-refractivity contribution is 7.90. The Balaban J connectivity index is 2.33. The predicted molar refractivity (Wildman–Crippen MR) is 49.6 cm³/mol. The van der Waals surface area contributed by atoms with E-state index in [0.717, 1.165) is 23.6 Å². The Hall–Kier alpha value is -0.580. The van der Waals surface area contributed by atoms with Crippen molar-refractivity contribution >= 4 is 15.9 Å². The molecule has 1 aliphatic rings. The molecule has 76 valence electrons. The van der Waals surface area contributed by atoms with E-state index in [0.29, 0.717) is 13.0 Å². The molecule has 0 aromatic carbocycles. The second-order valence-electron chi connectivity index (χ2n) is 3.24. The van der Waals surface area contributed by atoms with Crippen LogP contribution in [0.4, 0.5) is 0 Å². The number of nitrogens with zero attached hydrogens (tertiary/aromatic N) is 1. The summed E-state index contributed by atoms with van der Waals surface area (Å²) in [4.78, 5) is 11.3. The highest BCUT2D eigenvalue weighted by Crippen LogP contribution is 2.15. The Labute approximate surface area is 79.0 Å². The first-order valence-corrected chi connectivity index (χ1v) is 6.22. The van der Waals surface area contributed by atoms with Crippen LogP contribution >= 0.6 is 0 Å². The van der Waals surface area contributed by atoms with Gasteiger partial charge in [0.25, 0.3) is 0 Å². The normalized spacial score (nSPS) is 19.6. The number of carbonyl (C=O) groups excluding carboxylic acids is 1. The van der Waals surface area contributed by atoms with Gasteiger partial charge in [-0.25, -0.2) is 12.7 Å². The van der Waals surface area contributed by atoms with E-state index in [-0.39, 0.29) is 11.7 Å². The number of carbonyl (C=O) groups is 1. The summed E-state index contributed by atoms with van der Waals surface area (Å²) in [7, 11) is -3.17. The largest absolute Gasteiger partial charge is 0.274 e. The standard InChI is InChI=1S/C8H15NO3S/c1-2-3-4-5-8(10)9-6-7-13(9,11)12/h2-7H2,1H3. The average molecular weight is 205 g/mol. The number of unbranched alkanes of at least 4 members (excludes halogenated alkanes) is 2. The molecular weight excluding hydrogens is 190 g/mol. The number of hydrogen-bond acceptors (Lipinski definition) is 3. The van der Waals surface area contributed by atoms with E-state index in [9.17, 15) is 13.2 Å². The predicted octanol–water partition coefficient (Wildman–Crippen LogP) is 0.739. The smallest absolute Gasteiger partial charge is 0.239 e. The van der Waals surface area contributed by atoms with Crippen LogP contribution in [-0.2, 0) is 14.8 Å². The Kier molecular flexibility index (Phi) is 3.30. The van der Waals surface area contributed by atoms with Crippen LogP contribution in [0.3, 0.4) is 0 Å². The van der Waals surface area contributed by atoms with E-state index in [4.69, 9.17) is 0 Å². The van der Waals surface area contributed by atoms with Gasteiger partial charge in [-0.2, -0.15) is 0 Å². The Morgan fingerprint density at radius 1 is 1.38 bits per heavy atom. The molecular formula is C8H15NO3S. The van der Waals surface area contributed by atoms with Gasteiger partial charge in [-0.1, -0.05) is 19.8 Å². The first-order chi connectivity index (χ1) is 6.08. The minimum atomic E-state index is -3.17. The molecule has 1 amide bonds. The van der Waals surface area contributed by atoms with Crippen LogP contribution < -0.4 is 0 Å². The van der Waals surface area contributed by atoms with E-state index >= 15 is 0 Å². The van der Waals surface area contributed by atoms with E-state index in [2.05, 4.69) is 0 Å². The number of amides is 1. The van der Waals surface area contributed by atoms with Crippen LogP contribution in [-0.4, -0.2) is 30.9 Å². The third-order valence-electron chi connectivity index (χ3n) is 2.16. The lowest BCUT2D eigenvalue weighted by atomic mass is 10.2. The zero-order valence-corrected chi connectivity index (χ0v) is 8.64. The first kappa shape index (κ1) is 10.5. The maximum Gasteiger partial charge on any atom is 0.239 e. The molecule has 4 nitrogen and oxygen atoms in total. The van der Waals surface area contributed by atoms with Crippen molar-refractivity contribution < 1.29 is 13.2 Å². The molecule has 0 atom stereocenters. The maximum atomic E-state index is 11.3. The van der Waals surface area contributed by atoms with Gasteiger partial charge >= 0.3 is 0 Å². The molecule has 5 heteroatoms. The van der Waals surface area contributed by atoms with Crippen LogP contribution in [0.5, 0.6) is 0 Å². The zero-order chi connectivity index (χ0) is 9.90. The van der Waals surface area contributed by atoms with Crippen LogP contribution in [0.2, 0.25) is 0 Å². The summed E-state index contributed by atoms with van der Waals surface area (Å²) in [5.41, 5.74) is 0. The maximum absolute atomic E-state index is 11.3. The van der Waals surface area contributed by atoms with Gasteiger partial charge in [0, 0.05) is 6.42 Å². The summed E-state index contributed by atoms with van der Waals surface area (Å²) in [5.74, 6) is -0.105. The summed E-state index contributed by atoms with van der Waals surface area (Å²) < 4.78 is 23.0. The lowest BCUT2D eigenvalue weighted by Crippen LogP contribution is -2.50. The van der Waals surface area contributed by atoms with Crippen molar-refractivity contribution in [2.45, 2.75) is 32.6 Å². The summed E-state index contributed by atoms with van der Waals surface area (Å²) in [6.07, 6.45) is 3.19. The molecule has 0 N–H and O–H groups in total. The molecule has 0 aromatic rings. The second kappa shape index (κ2) is 4.09. The van der Waals surface area contributed by atoms with E-state index in [1.807, 2.05) is 6.92 Å². The highest BCUT2D eigenvalue weighted by atomic mass is 32.2. The van der Waals surface area contributed by atoms with Crippen molar-refractivity contribution in [2.24, 2.45) is 0 Å². The van der Waals surface area contributed by atoms with Gasteiger partial charge < -0.3 is 0 Å². The van der Waals surface area contributed by atoms with E-state index in [1.54, 1.807) is 0 Å². The second-order valence-corrected chi connectivity index (χ2v) is 5.25. The lowest BCUT2D eigenvalue weighted by molar-refractivity contribution is -0.127. The Bertz CT molecular complexity index is 284. The fourth-order valence-electron chi connectivity index (χ4n) is 1.26. The number of sulfonamides is 1. The van der Waals surface area contributed by atoms with Gasteiger partial charge in [-0.3, -0.25) is 4.79 Å². The molecule has 0 spiro atoms. The van der Waals surface area contributed by atoms with Crippen molar-refractivity contribution in [1.82, 2.24) is 4.31 Å². The van der Waals surface area contributed by atoms with Crippen molar-refractivity contribution in [3.05, 3.63) is 0 Å². The molecule has 0 bridgehead atoms. The number of hydrogen-bond donors (Lipinski definition) is 0. The monoisotopic (exact) mass is 205 g/mol. The lowest BCUT2D eigenvalue weighted by Gasteiger charge is -2.30. The molecule has 1 fully saturated rings. The molecule has 13 heavy (non-hydrogen) atoms. The fourth-order valence-corrected chi connectivity index (χ4v) is 2.33. The summed E-state index contributed by atoms with van der Waals surface area (Å²) in [6, 6.07) is 0. The molecule has 0 saturated carbocycles. The SMILES string of the molecule is CCCCCC(=O)N1CCS1(=O)=O. The summed E-state index contributed by atoms with van der Waals surface area (Å²) in [5, 5.41) is 0. The molecule has 1 saturated heterocycles. The van der Waals surface area contributed by atoms with E-state index in [1.165, 1.54) is 0 Å². The van der Waals surface area contributed by atoms with Gasteiger partial charge in [-0.15, -0.1) is 0 Å². The third-order valence-corrected chi connectivity index (χ3v) is 3.92. The quantitative estimate of drug-likeness (QED) is 0.636. The first-order valence-electron chi connectivity index (χ1n) is 4.61. The molecule has 0 aromatic heterocycles. The van der Waals surface area contributed by atoms with Crippen molar-refractivity contribution in [3.63, 3.8) is 0 Å². The minimum Gasteiger partial charge on any atom is -0.274 e. The van der Waals surface area contributed by atoms with E-state index < -0.39 is 10.0 Å². The fraction of sp³-hybridized carbons (Fsp3) is 0.875. The average Bonchev–Trinajstić information content (AvgIpc) is 2.03. The van der Waals surface area contributed by atoms with Crippen molar-refractivity contribution in [1.29, 1.82) is 0 Å². The van der Waals surface area contributed by atoms with Gasteiger partial charge in [0.05, 0.1) is 12.3 Å². The van der Waals surface area contributed by atoms with Crippen molar-refractivity contribution in [3.8, 4) is 0 Å². The van der Waals surface area contributed by atoms with Crippen LogP contribution in [0.1, 0.15) is 32.6 Å². The van der Waals surface area contributed by atoms with Gasteiger partial charge in [0.1, 0.15) is 0 Å². The van der Waals surface area contributed by atoms with Gasteiger partial charge in [0.15, 0.2) is 0 Å². The molecule has 1 aliphatic heterocycles. The molecule has 1 heterocycles. The topological polar surface area (TPSA) is 54.5 Å². The van der Waals surface area contributed by atoms with Crippen molar-refractivity contribution in [2.75, 3.05) is 12.3 Å². The Morgan fingerprint density at radius 2 is 2.08 bits per heavy atom. The number of rotatable bonds is 4. The molecule has 1 rings (SSSR count). The zero-order valence-electron chi connectivity index (χ0n) is 7.82. The molecule has 0 unspecified atom stereocenters. The van der Waals surface area contributed by atoms with Crippen LogP contribution in [0.25, 0.3) is 0 Å². The summed E-state index contributed by atoms with van der Waals surface area (Å²) in [6.45, 7) is 2.43. The van der Waals surface area contributed by atoms with Crippen LogP contribution in [0.15, 0.2) is 0 Å². The Morgan fingerprint density at radius 3 is 2.46 bits per heavy atom. The van der Waals surface area contributed by atoms with Gasteiger partial charge in [-0.05, 0) is 6.42 Å². The summed E-state index contributed by atoms with van der Waals surface area (Å²) >= 11 is 0. The molecule has 0 radical (unpaired) electrons. The minimum absolute atomic E-state index is 0.131. The highest BCUT2D eigenvalue weighted by Gasteiger charge is 2.35. The van der Waals surface area contributed by atoms with Crippen LogP contribution in [0, 0.1) is 0 Å². The van der Waals surface area contributed by atoms with Gasteiger partial charge in [0.2, 0.25) is 15.9 Å².